The fourth-order valence-electron chi connectivity index (χ4n) is 10.1. The molecule has 236 valence electrons. The molecule has 1 saturated heterocycles. The average Bonchev–Trinajstić information content (AvgIpc) is 3.31. The maximum absolute atomic E-state index is 12.8. The van der Waals surface area contributed by atoms with Crippen LogP contribution < -0.4 is 5.32 Å². The number of rotatable bonds is 8. The molecule has 43 heavy (non-hydrogen) atoms. The Morgan fingerprint density at radius 3 is 2.67 bits per heavy atom. The minimum Gasteiger partial charge on any atom is -0.393 e. The molecule has 4 fully saturated rings. The molecule has 6 unspecified atom stereocenters. The topological polar surface area (TPSA) is 80.2 Å². The fourth-order valence-corrected chi connectivity index (χ4v) is 10.1. The highest BCUT2D eigenvalue weighted by molar-refractivity contribution is 5.96. The van der Waals surface area contributed by atoms with Gasteiger partial charge in [0.1, 0.15) is 0 Å². The summed E-state index contributed by atoms with van der Waals surface area (Å²) in [5.74, 6) is 2.46. The van der Waals surface area contributed by atoms with E-state index in [0.29, 0.717) is 24.3 Å². The summed E-state index contributed by atoms with van der Waals surface area (Å²) in [6.07, 6.45) is 14.1. The normalized spacial score (nSPS) is 39.9. The number of carbonyl (C=O) groups is 1. The molecular weight excluding hydrogens is 536 g/mol. The van der Waals surface area contributed by atoms with E-state index < -0.39 is 0 Å². The standard InChI is InChI=1S/C37H54N2O4/c1-25(2)32-23-37(19-21-42-32,26-8-6-5-7-9-26)18-20-38-34(41)24-43-39-28-14-16-35(3)27(22-28)10-11-29-30-12-13-33(40)36(30,4)17-15-31(29)35/h5-9,22,25,29-33,40H,10-21,23-24H2,1-4H3,(H,38,41)/t29?,30?,31?,32?,33?,35-,36-,37?/m0/s1. The number of aliphatic hydroxyl groups excluding tert-OH is 1. The molecule has 3 saturated carbocycles. The number of fused-ring (bicyclic) bond motifs is 5. The van der Waals surface area contributed by atoms with E-state index >= 15 is 0 Å². The molecule has 2 N–H and O–H groups in total. The zero-order valence-corrected chi connectivity index (χ0v) is 26.9. The van der Waals surface area contributed by atoms with Crippen molar-refractivity contribution >= 4 is 11.6 Å². The Balaban J connectivity index is 1.02. The predicted octanol–water partition coefficient (Wildman–Crippen LogP) is 6.96. The van der Waals surface area contributed by atoms with Crippen LogP contribution >= 0.6 is 0 Å². The Morgan fingerprint density at radius 2 is 1.88 bits per heavy atom. The van der Waals surface area contributed by atoms with Gasteiger partial charge >= 0.3 is 0 Å². The third kappa shape index (κ3) is 5.83. The van der Waals surface area contributed by atoms with Crippen LogP contribution in [-0.4, -0.2) is 48.7 Å². The van der Waals surface area contributed by atoms with Crippen LogP contribution in [0.4, 0.5) is 0 Å². The molecule has 6 rings (SSSR count). The van der Waals surface area contributed by atoms with Crippen LogP contribution in [0, 0.1) is 34.5 Å². The van der Waals surface area contributed by atoms with E-state index in [1.165, 1.54) is 30.4 Å². The fraction of sp³-hybridized carbons (Fsp3) is 0.730. The van der Waals surface area contributed by atoms with Crippen molar-refractivity contribution in [3.63, 3.8) is 0 Å². The van der Waals surface area contributed by atoms with Crippen molar-refractivity contribution in [1.29, 1.82) is 0 Å². The van der Waals surface area contributed by atoms with E-state index in [4.69, 9.17) is 9.57 Å². The van der Waals surface area contributed by atoms with Gasteiger partial charge in [-0.25, -0.2) is 0 Å². The van der Waals surface area contributed by atoms with Crippen LogP contribution in [-0.2, 0) is 19.8 Å². The van der Waals surface area contributed by atoms with Crippen molar-refractivity contribution in [3.8, 4) is 0 Å². The van der Waals surface area contributed by atoms with Crippen molar-refractivity contribution in [2.75, 3.05) is 19.8 Å². The maximum atomic E-state index is 12.8. The largest absolute Gasteiger partial charge is 0.393 e. The summed E-state index contributed by atoms with van der Waals surface area (Å²) in [6.45, 7) is 10.6. The monoisotopic (exact) mass is 590 g/mol. The first kappa shape index (κ1) is 30.8. The lowest BCUT2D eigenvalue weighted by Crippen LogP contribution is -2.51. The maximum Gasteiger partial charge on any atom is 0.260 e. The van der Waals surface area contributed by atoms with Gasteiger partial charge in [0.05, 0.1) is 17.9 Å². The van der Waals surface area contributed by atoms with Gasteiger partial charge in [-0.3, -0.25) is 4.79 Å². The molecule has 6 heteroatoms. The Kier molecular flexibility index (Phi) is 8.83. The van der Waals surface area contributed by atoms with Gasteiger partial charge in [-0.2, -0.15) is 0 Å². The number of allylic oxidation sites excluding steroid dienone is 2. The van der Waals surface area contributed by atoms with E-state index in [2.05, 4.69) is 74.6 Å². The number of oxime groups is 1. The number of hydrogen-bond donors (Lipinski definition) is 2. The highest BCUT2D eigenvalue weighted by Gasteiger charge is 2.58. The minimum absolute atomic E-state index is 0.0112. The van der Waals surface area contributed by atoms with Crippen molar-refractivity contribution in [2.24, 2.45) is 39.7 Å². The molecule has 1 amide bonds. The quantitative estimate of drug-likeness (QED) is 0.321. The van der Waals surface area contributed by atoms with E-state index in [0.717, 1.165) is 69.6 Å². The van der Waals surface area contributed by atoms with Crippen LogP contribution in [0.5, 0.6) is 0 Å². The Labute approximate surface area is 259 Å². The molecule has 5 aliphatic rings. The molecule has 0 aromatic heterocycles. The molecular formula is C37H54N2O4. The summed E-state index contributed by atoms with van der Waals surface area (Å²) < 4.78 is 6.11. The summed E-state index contributed by atoms with van der Waals surface area (Å²) in [7, 11) is 0. The second-order valence-corrected chi connectivity index (χ2v) is 15.3. The molecule has 6 nitrogen and oxygen atoms in total. The highest BCUT2D eigenvalue weighted by atomic mass is 16.6. The van der Waals surface area contributed by atoms with Crippen molar-refractivity contribution in [1.82, 2.24) is 5.32 Å². The lowest BCUT2D eigenvalue weighted by Gasteiger charge is -2.57. The van der Waals surface area contributed by atoms with Crippen molar-refractivity contribution in [3.05, 3.63) is 47.5 Å². The number of ether oxygens (including phenoxy) is 1. The van der Waals surface area contributed by atoms with E-state index in [9.17, 15) is 9.90 Å². The smallest absolute Gasteiger partial charge is 0.260 e. The Hall–Kier alpha value is -2.18. The molecule has 0 bridgehead atoms. The van der Waals surface area contributed by atoms with Crippen LogP contribution in [0.2, 0.25) is 0 Å². The molecule has 1 aliphatic heterocycles. The van der Waals surface area contributed by atoms with Crippen LogP contribution in [0.1, 0.15) is 104 Å². The molecule has 1 aromatic carbocycles. The lowest BCUT2D eigenvalue weighted by atomic mass is 9.47. The second kappa shape index (κ2) is 12.3. The number of hydrogen-bond acceptors (Lipinski definition) is 5. The van der Waals surface area contributed by atoms with E-state index in [1.54, 1.807) is 0 Å². The van der Waals surface area contributed by atoms with Gasteiger partial charge in [-0.15, -0.1) is 0 Å². The first-order valence-electron chi connectivity index (χ1n) is 17.2. The van der Waals surface area contributed by atoms with Gasteiger partial charge < -0.3 is 20.0 Å². The molecule has 4 aliphatic carbocycles. The number of benzene rings is 1. The molecule has 8 atom stereocenters. The van der Waals surface area contributed by atoms with Crippen LogP contribution in [0.3, 0.4) is 0 Å². The second-order valence-electron chi connectivity index (χ2n) is 15.3. The summed E-state index contributed by atoms with van der Waals surface area (Å²) >= 11 is 0. The van der Waals surface area contributed by atoms with Gasteiger partial charge in [-0.1, -0.05) is 68.8 Å². The number of carbonyl (C=O) groups excluding carboxylic acids is 1. The number of aliphatic hydroxyl groups is 1. The number of nitrogens with one attached hydrogen (secondary N) is 1. The third-order valence-electron chi connectivity index (χ3n) is 12.9. The molecule has 1 aromatic rings. The number of nitrogens with zero attached hydrogens (tertiary/aromatic N) is 1. The van der Waals surface area contributed by atoms with E-state index in [1.807, 2.05) is 0 Å². The van der Waals surface area contributed by atoms with Gasteiger partial charge in [-0.05, 0) is 117 Å². The SMILES string of the molecule is CC(C)C1CC(CCNC(=O)CON=C2C=C3CCC4C5CCC(O)[C@@]5(C)CCC4[C@@]3(C)CC2)(c2ccccc2)CCO1. The van der Waals surface area contributed by atoms with Crippen LogP contribution in [0.15, 0.2) is 47.1 Å². The van der Waals surface area contributed by atoms with Crippen LogP contribution in [0.25, 0.3) is 0 Å². The average molecular weight is 591 g/mol. The van der Waals surface area contributed by atoms with Gasteiger partial charge in [0.25, 0.3) is 5.91 Å². The van der Waals surface area contributed by atoms with Crippen molar-refractivity contribution in [2.45, 2.75) is 116 Å². The zero-order chi connectivity index (χ0) is 30.2. The van der Waals surface area contributed by atoms with Gasteiger partial charge in [0.2, 0.25) is 0 Å². The van der Waals surface area contributed by atoms with Gasteiger partial charge in [0, 0.05) is 18.6 Å². The Bertz CT molecular complexity index is 1210. The molecule has 1 heterocycles. The first-order valence-corrected chi connectivity index (χ1v) is 17.2. The summed E-state index contributed by atoms with van der Waals surface area (Å²) in [5.41, 5.74) is 4.20. The predicted molar refractivity (Wildman–Crippen MR) is 171 cm³/mol. The zero-order valence-electron chi connectivity index (χ0n) is 26.9. The third-order valence-corrected chi connectivity index (χ3v) is 12.9. The minimum atomic E-state index is -0.119. The summed E-state index contributed by atoms with van der Waals surface area (Å²) in [4.78, 5) is 18.4. The van der Waals surface area contributed by atoms with Gasteiger partial charge in [0.15, 0.2) is 6.61 Å². The number of amides is 1. The first-order chi connectivity index (χ1) is 20.6. The van der Waals surface area contributed by atoms with Crippen molar-refractivity contribution < 1.29 is 19.5 Å². The van der Waals surface area contributed by atoms with E-state index in [-0.39, 0.29) is 41.0 Å². The lowest BCUT2D eigenvalue weighted by molar-refractivity contribution is -0.125. The summed E-state index contributed by atoms with van der Waals surface area (Å²) in [5, 5.41) is 18.3. The Morgan fingerprint density at radius 1 is 1.07 bits per heavy atom. The highest BCUT2D eigenvalue weighted by Crippen LogP contribution is 2.65. The molecule has 0 radical (unpaired) electrons. The summed E-state index contributed by atoms with van der Waals surface area (Å²) in [6, 6.07) is 10.7. The molecule has 0 spiro atoms.